The number of methoxy groups -OCH3 is 2. The van der Waals surface area contributed by atoms with Crippen molar-refractivity contribution in [1.82, 2.24) is 9.88 Å². The van der Waals surface area contributed by atoms with E-state index in [9.17, 15) is 13.2 Å². The largest absolute Gasteiger partial charge is 0.493 e. The van der Waals surface area contributed by atoms with Crippen LogP contribution in [0.1, 0.15) is 28.8 Å². The number of fused-ring (bicyclic) bond motifs is 2. The van der Waals surface area contributed by atoms with Crippen molar-refractivity contribution in [2.45, 2.75) is 24.2 Å². The van der Waals surface area contributed by atoms with E-state index in [4.69, 9.17) is 14.5 Å². The molecule has 0 atom stereocenters. The van der Waals surface area contributed by atoms with Crippen LogP contribution < -0.4 is 18.7 Å². The number of ether oxygens (including phenoxy) is 2. The quantitative estimate of drug-likeness (QED) is 0.229. The van der Waals surface area contributed by atoms with E-state index in [1.807, 2.05) is 44.4 Å². The summed E-state index contributed by atoms with van der Waals surface area (Å²) in [4.78, 5) is 22.5. The number of benzene rings is 3. The predicted molar refractivity (Wildman–Crippen MR) is 171 cm³/mol. The first-order valence-corrected chi connectivity index (χ1v) is 15.7. The Labute approximate surface area is 257 Å². The second kappa shape index (κ2) is 13.3. The van der Waals surface area contributed by atoms with Gasteiger partial charge in [-0.1, -0.05) is 29.5 Å². The number of thiazole rings is 1. The van der Waals surface area contributed by atoms with E-state index in [1.165, 1.54) is 27.8 Å². The van der Waals surface area contributed by atoms with Crippen molar-refractivity contribution in [3.63, 3.8) is 0 Å². The average molecular weight is 631 g/mol. The molecule has 12 heteroatoms. The highest BCUT2D eigenvalue weighted by Crippen LogP contribution is 2.38. The summed E-state index contributed by atoms with van der Waals surface area (Å²) in [5, 5.41) is 0.556. The first kappa shape index (κ1) is 31.6. The molecule has 1 amide bonds. The zero-order valence-electron chi connectivity index (χ0n) is 24.1. The number of aromatic nitrogens is 1. The fraction of sp³-hybridized carbons (Fsp3) is 0.333. The van der Waals surface area contributed by atoms with Gasteiger partial charge in [-0.05, 0) is 75.8 Å². The molecule has 1 aromatic heterocycles. The van der Waals surface area contributed by atoms with Gasteiger partial charge in [-0.3, -0.25) is 14.0 Å². The van der Waals surface area contributed by atoms with E-state index in [1.54, 1.807) is 37.3 Å². The standard InChI is InChI=1S/C30H34N4O5S2.ClH/c1-32(2)16-8-17-33(30-31-24-19-26(38-3)27(39-4)20-28(24)40-30)29(35)22-12-14-23(15-13-22)41(36,37)34-18-7-10-21-9-5-6-11-25(21)34;/h5-6,9,11-15,19-20H,7-8,10,16-18H2,1-4H3;1H. The summed E-state index contributed by atoms with van der Waals surface area (Å²) in [5.41, 5.74) is 2.84. The molecule has 0 fully saturated rings. The summed E-state index contributed by atoms with van der Waals surface area (Å²) in [6, 6.07) is 17.5. The molecule has 0 aliphatic carbocycles. The number of carbonyl (C=O) groups is 1. The maximum Gasteiger partial charge on any atom is 0.264 e. The maximum atomic E-state index is 13.8. The van der Waals surface area contributed by atoms with Gasteiger partial charge in [-0.15, -0.1) is 12.4 Å². The monoisotopic (exact) mass is 630 g/mol. The van der Waals surface area contributed by atoms with E-state index >= 15 is 0 Å². The molecule has 0 spiro atoms. The SMILES string of the molecule is COc1cc2nc(N(CCCN(C)C)C(=O)c3ccc(S(=O)(=O)N4CCCc5ccccc54)cc3)sc2cc1OC.Cl. The van der Waals surface area contributed by atoms with Gasteiger partial charge in [0.25, 0.3) is 15.9 Å². The summed E-state index contributed by atoms with van der Waals surface area (Å²) >= 11 is 1.40. The van der Waals surface area contributed by atoms with Crippen molar-refractivity contribution >= 4 is 60.7 Å². The lowest BCUT2D eigenvalue weighted by molar-refractivity contribution is 0.0986. The van der Waals surface area contributed by atoms with Gasteiger partial charge >= 0.3 is 0 Å². The Morgan fingerprint density at radius 1 is 1.00 bits per heavy atom. The third kappa shape index (κ3) is 6.34. The summed E-state index contributed by atoms with van der Waals surface area (Å²) in [6.45, 7) is 1.67. The van der Waals surface area contributed by atoms with Crippen LogP contribution in [0.3, 0.4) is 0 Å². The minimum atomic E-state index is -3.78. The Balaban J connectivity index is 0.00000405. The number of anilines is 2. The molecule has 0 saturated carbocycles. The lowest BCUT2D eigenvalue weighted by Crippen LogP contribution is -2.35. The third-order valence-electron chi connectivity index (χ3n) is 7.10. The van der Waals surface area contributed by atoms with Gasteiger partial charge in [0, 0.05) is 30.8 Å². The van der Waals surface area contributed by atoms with Crippen LogP contribution in [0.5, 0.6) is 11.5 Å². The van der Waals surface area contributed by atoms with Crippen LogP contribution in [-0.2, 0) is 16.4 Å². The number of sulfonamides is 1. The van der Waals surface area contributed by atoms with Crippen LogP contribution >= 0.6 is 23.7 Å². The molecule has 0 unspecified atom stereocenters. The molecule has 224 valence electrons. The van der Waals surface area contributed by atoms with E-state index in [-0.39, 0.29) is 23.2 Å². The van der Waals surface area contributed by atoms with Crippen LogP contribution in [0.25, 0.3) is 10.2 Å². The minimum absolute atomic E-state index is 0. The second-order valence-corrected chi connectivity index (χ2v) is 13.0. The van der Waals surface area contributed by atoms with Gasteiger partial charge in [-0.25, -0.2) is 13.4 Å². The number of hydrogen-bond donors (Lipinski definition) is 0. The van der Waals surface area contributed by atoms with Crippen molar-refractivity contribution in [2.24, 2.45) is 0 Å². The Morgan fingerprint density at radius 2 is 1.69 bits per heavy atom. The van der Waals surface area contributed by atoms with Gasteiger partial charge in [0.2, 0.25) is 0 Å². The Kier molecular flexibility index (Phi) is 9.98. The molecule has 9 nitrogen and oxygen atoms in total. The molecule has 2 heterocycles. The fourth-order valence-corrected chi connectivity index (χ4v) is 7.53. The zero-order chi connectivity index (χ0) is 29.1. The molecule has 42 heavy (non-hydrogen) atoms. The minimum Gasteiger partial charge on any atom is -0.493 e. The summed E-state index contributed by atoms with van der Waals surface area (Å²) in [7, 11) is 3.35. The lowest BCUT2D eigenvalue weighted by Gasteiger charge is -2.30. The number of nitrogens with zero attached hydrogens (tertiary/aromatic N) is 4. The van der Waals surface area contributed by atoms with Gasteiger partial charge in [0.05, 0.1) is 35.0 Å². The smallest absolute Gasteiger partial charge is 0.264 e. The number of para-hydroxylation sites is 1. The van der Waals surface area contributed by atoms with E-state index in [0.29, 0.717) is 40.8 Å². The summed E-state index contributed by atoms with van der Waals surface area (Å²) in [5.74, 6) is 0.915. The normalized spacial score (nSPS) is 13.0. The molecule has 4 aromatic rings. The predicted octanol–water partition coefficient (Wildman–Crippen LogP) is 5.48. The van der Waals surface area contributed by atoms with Crippen LogP contribution in [0.4, 0.5) is 10.8 Å². The fourth-order valence-electron chi connectivity index (χ4n) is 4.99. The molecule has 1 aliphatic rings. The highest BCUT2D eigenvalue weighted by atomic mass is 35.5. The molecular formula is C30H35ClN4O5S2. The van der Waals surface area contributed by atoms with Crippen LogP contribution in [-0.4, -0.2) is 72.2 Å². The maximum absolute atomic E-state index is 13.8. The highest BCUT2D eigenvalue weighted by molar-refractivity contribution is 7.92. The molecule has 0 saturated heterocycles. The van der Waals surface area contributed by atoms with Crippen LogP contribution in [0.15, 0.2) is 65.6 Å². The van der Waals surface area contributed by atoms with Gasteiger partial charge in [0.15, 0.2) is 16.6 Å². The number of carbonyl (C=O) groups excluding carboxylic acids is 1. The van der Waals surface area contributed by atoms with E-state index in [0.717, 1.165) is 41.8 Å². The number of hydrogen-bond acceptors (Lipinski definition) is 8. The van der Waals surface area contributed by atoms with E-state index < -0.39 is 10.0 Å². The second-order valence-electron chi connectivity index (χ2n) is 10.1. The van der Waals surface area contributed by atoms with Crippen molar-refractivity contribution in [3.8, 4) is 11.5 Å². The van der Waals surface area contributed by atoms with Gasteiger partial charge in [0.1, 0.15) is 0 Å². The van der Waals surface area contributed by atoms with Crippen LogP contribution in [0.2, 0.25) is 0 Å². The Bertz CT molecular complexity index is 1620. The summed E-state index contributed by atoms with van der Waals surface area (Å²) < 4.78 is 40.4. The van der Waals surface area contributed by atoms with Crippen molar-refractivity contribution in [2.75, 3.05) is 57.2 Å². The van der Waals surface area contributed by atoms with E-state index in [2.05, 4.69) is 4.90 Å². The number of halogens is 1. The topological polar surface area (TPSA) is 92.3 Å². The first-order valence-electron chi connectivity index (χ1n) is 13.4. The van der Waals surface area contributed by atoms with Crippen molar-refractivity contribution in [1.29, 1.82) is 0 Å². The molecule has 1 aliphatic heterocycles. The molecule has 0 radical (unpaired) electrons. The molecule has 3 aromatic carbocycles. The van der Waals surface area contributed by atoms with Crippen molar-refractivity contribution in [3.05, 3.63) is 71.8 Å². The molecule has 0 N–H and O–H groups in total. The number of amides is 1. The van der Waals surface area contributed by atoms with Crippen LogP contribution in [0, 0.1) is 0 Å². The molecule has 5 rings (SSSR count). The third-order valence-corrected chi connectivity index (χ3v) is 9.97. The number of rotatable bonds is 10. The zero-order valence-corrected chi connectivity index (χ0v) is 26.5. The molecule has 0 bridgehead atoms. The highest BCUT2D eigenvalue weighted by Gasteiger charge is 2.29. The Morgan fingerprint density at radius 3 is 2.38 bits per heavy atom. The lowest BCUT2D eigenvalue weighted by atomic mass is 10.0. The first-order chi connectivity index (χ1) is 19.7. The summed E-state index contributed by atoms with van der Waals surface area (Å²) in [6.07, 6.45) is 2.35. The van der Waals surface area contributed by atoms with Crippen molar-refractivity contribution < 1.29 is 22.7 Å². The average Bonchev–Trinajstić information content (AvgIpc) is 3.40. The van der Waals surface area contributed by atoms with Gasteiger partial charge in [-0.2, -0.15) is 0 Å². The Hall–Kier alpha value is -3.38. The molecular weight excluding hydrogens is 596 g/mol. The van der Waals surface area contributed by atoms with Gasteiger partial charge < -0.3 is 14.4 Å². The number of aryl methyl sites for hydroxylation is 1.